The van der Waals surface area contributed by atoms with Crippen molar-refractivity contribution in [2.75, 3.05) is 27.3 Å². The van der Waals surface area contributed by atoms with Crippen molar-refractivity contribution in [2.24, 2.45) is 4.99 Å². The molecule has 2 N–H and O–H groups in total. The predicted molar refractivity (Wildman–Crippen MR) is 87.8 cm³/mol. The Labute approximate surface area is 131 Å². The minimum atomic E-state index is 0.618. The molecule has 0 amide bonds. The first-order valence-corrected chi connectivity index (χ1v) is 7.31. The van der Waals surface area contributed by atoms with E-state index in [1.54, 1.807) is 14.2 Å². The van der Waals surface area contributed by atoms with E-state index in [0.717, 1.165) is 18.3 Å². The molecular weight excluding hydrogens is 278 g/mol. The molecule has 0 unspecified atom stereocenters. The Hall–Kier alpha value is -2.34. The maximum atomic E-state index is 5.01. The number of ether oxygens (including phenoxy) is 1. The van der Waals surface area contributed by atoms with E-state index < -0.39 is 0 Å². The number of nitrogens with one attached hydrogen (secondary N) is 2. The molecule has 0 aliphatic rings. The average Bonchev–Trinajstić information content (AvgIpc) is 2.99. The Morgan fingerprint density at radius 3 is 2.82 bits per heavy atom. The van der Waals surface area contributed by atoms with Crippen LogP contribution in [0.1, 0.15) is 11.4 Å². The van der Waals surface area contributed by atoms with Crippen LogP contribution in [-0.4, -0.2) is 42.8 Å². The average molecular weight is 301 g/mol. The highest BCUT2D eigenvalue weighted by Crippen LogP contribution is 2.05. The summed E-state index contributed by atoms with van der Waals surface area (Å²) in [4.78, 5) is 8.58. The van der Waals surface area contributed by atoms with Crippen LogP contribution in [0.2, 0.25) is 0 Å². The number of hydrogen-bond acceptors (Lipinski definition) is 3. The number of aliphatic imine (C=N–C) groups is 1. The summed E-state index contributed by atoms with van der Waals surface area (Å²) in [6, 6.07) is 10.3. The fourth-order valence-electron chi connectivity index (χ4n) is 2.09. The molecule has 0 atom stereocenters. The number of imidazole rings is 1. The fraction of sp³-hybridized carbons (Fsp3) is 0.375. The Bertz CT molecular complexity index is 579. The molecule has 22 heavy (non-hydrogen) atoms. The van der Waals surface area contributed by atoms with E-state index in [0.29, 0.717) is 19.7 Å². The van der Waals surface area contributed by atoms with Crippen molar-refractivity contribution in [3.05, 3.63) is 54.1 Å². The van der Waals surface area contributed by atoms with Gasteiger partial charge in [0.25, 0.3) is 0 Å². The zero-order valence-corrected chi connectivity index (χ0v) is 13.1. The summed E-state index contributed by atoms with van der Waals surface area (Å²) in [5.74, 6) is 1.71. The fourth-order valence-corrected chi connectivity index (χ4v) is 2.09. The Balaban J connectivity index is 1.89. The Kier molecular flexibility index (Phi) is 6.44. The third-order valence-corrected chi connectivity index (χ3v) is 3.23. The van der Waals surface area contributed by atoms with Gasteiger partial charge < -0.3 is 19.9 Å². The molecule has 1 aromatic carbocycles. The van der Waals surface area contributed by atoms with Crippen molar-refractivity contribution in [1.29, 1.82) is 0 Å². The minimum Gasteiger partial charge on any atom is -0.383 e. The van der Waals surface area contributed by atoms with Gasteiger partial charge in [0, 0.05) is 39.6 Å². The van der Waals surface area contributed by atoms with Crippen LogP contribution >= 0.6 is 0 Å². The van der Waals surface area contributed by atoms with Gasteiger partial charge in [0.1, 0.15) is 5.82 Å². The van der Waals surface area contributed by atoms with E-state index in [2.05, 4.69) is 37.3 Å². The smallest absolute Gasteiger partial charge is 0.191 e. The highest BCUT2D eigenvalue weighted by atomic mass is 16.5. The van der Waals surface area contributed by atoms with Gasteiger partial charge in [0.15, 0.2) is 5.96 Å². The lowest BCUT2D eigenvalue weighted by atomic mass is 10.2. The predicted octanol–water partition coefficient (Wildman–Crippen LogP) is 1.24. The van der Waals surface area contributed by atoms with E-state index in [1.165, 1.54) is 5.56 Å². The van der Waals surface area contributed by atoms with Crippen LogP contribution in [0, 0.1) is 0 Å². The normalized spacial score (nSPS) is 11.5. The zero-order chi connectivity index (χ0) is 15.6. The molecule has 2 rings (SSSR count). The minimum absolute atomic E-state index is 0.618. The summed E-state index contributed by atoms with van der Waals surface area (Å²) < 4.78 is 7.14. The number of methoxy groups -OCH3 is 1. The number of rotatable bonds is 7. The van der Waals surface area contributed by atoms with Crippen LogP contribution in [0.3, 0.4) is 0 Å². The largest absolute Gasteiger partial charge is 0.383 e. The molecule has 1 heterocycles. The second kappa shape index (κ2) is 8.84. The summed E-state index contributed by atoms with van der Waals surface area (Å²) in [5, 5.41) is 6.44. The topological polar surface area (TPSA) is 63.5 Å². The summed E-state index contributed by atoms with van der Waals surface area (Å²) >= 11 is 0. The van der Waals surface area contributed by atoms with Crippen LogP contribution in [0.25, 0.3) is 0 Å². The van der Waals surface area contributed by atoms with Crippen molar-refractivity contribution in [3.8, 4) is 0 Å². The summed E-state index contributed by atoms with van der Waals surface area (Å²) in [5.41, 5.74) is 1.25. The van der Waals surface area contributed by atoms with Gasteiger partial charge in [-0.15, -0.1) is 0 Å². The van der Waals surface area contributed by atoms with Gasteiger partial charge in [0.05, 0.1) is 13.2 Å². The molecule has 6 nitrogen and oxygen atoms in total. The molecule has 118 valence electrons. The van der Waals surface area contributed by atoms with E-state index >= 15 is 0 Å². The molecule has 0 spiro atoms. The summed E-state index contributed by atoms with van der Waals surface area (Å²) in [7, 11) is 3.43. The highest BCUT2D eigenvalue weighted by Gasteiger charge is 2.05. The van der Waals surface area contributed by atoms with E-state index in [4.69, 9.17) is 4.74 Å². The zero-order valence-electron chi connectivity index (χ0n) is 13.1. The molecular formula is C16H23N5O. The van der Waals surface area contributed by atoms with Crippen LogP contribution in [0.4, 0.5) is 0 Å². The Morgan fingerprint density at radius 2 is 2.09 bits per heavy atom. The molecule has 2 aromatic rings. The molecule has 0 saturated heterocycles. The first-order chi connectivity index (χ1) is 10.8. The van der Waals surface area contributed by atoms with Crippen molar-refractivity contribution in [3.63, 3.8) is 0 Å². The third-order valence-electron chi connectivity index (χ3n) is 3.23. The SMILES string of the molecule is CN=C(NCCOC)NCc1nccn1Cc1ccccc1. The van der Waals surface area contributed by atoms with Gasteiger partial charge in [-0.25, -0.2) is 4.98 Å². The van der Waals surface area contributed by atoms with Gasteiger partial charge in [-0.2, -0.15) is 0 Å². The van der Waals surface area contributed by atoms with E-state index in [-0.39, 0.29) is 0 Å². The molecule has 0 radical (unpaired) electrons. The maximum Gasteiger partial charge on any atom is 0.191 e. The monoisotopic (exact) mass is 301 g/mol. The molecule has 0 saturated carbocycles. The molecule has 0 bridgehead atoms. The standard InChI is InChI=1S/C16H23N5O/c1-17-16(19-9-11-22-2)20-12-15-18-8-10-21(15)13-14-6-4-3-5-7-14/h3-8,10H,9,11-13H2,1-2H3,(H2,17,19,20). The highest BCUT2D eigenvalue weighted by molar-refractivity contribution is 5.79. The lowest BCUT2D eigenvalue weighted by molar-refractivity contribution is 0.203. The molecule has 0 aliphatic carbocycles. The second-order valence-corrected chi connectivity index (χ2v) is 4.80. The van der Waals surface area contributed by atoms with Crippen LogP contribution in [0.5, 0.6) is 0 Å². The van der Waals surface area contributed by atoms with Crippen LogP contribution in [-0.2, 0) is 17.8 Å². The van der Waals surface area contributed by atoms with E-state index in [9.17, 15) is 0 Å². The van der Waals surface area contributed by atoms with Crippen molar-refractivity contribution >= 4 is 5.96 Å². The number of nitrogens with zero attached hydrogens (tertiary/aromatic N) is 3. The third kappa shape index (κ3) is 4.89. The molecule has 0 fully saturated rings. The van der Waals surface area contributed by atoms with Crippen molar-refractivity contribution in [2.45, 2.75) is 13.1 Å². The van der Waals surface area contributed by atoms with Crippen LogP contribution in [0.15, 0.2) is 47.7 Å². The summed E-state index contributed by atoms with van der Waals surface area (Å²) in [6.45, 7) is 2.79. The molecule has 6 heteroatoms. The first-order valence-electron chi connectivity index (χ1n) is 7.31. The van der Waals surface area contributed by atoms with Gasteiger partial charge in [-0.1, -0.05) is 30.3 Å². The number of hydrogen-bond donors (Lipinski definition) is 2. The van der Waals surface area contributed by atoms with Gasteiger partial charge >= 0.3 is 0 Å². The van der Waals surface area contributed by atoms with Gasteiger partial charge in [0.2, 0.25) is 0 Å². The molecule has 1 aromatic heterocycles. The first kappa shape index (κ1) is 16.0. The number of aromatic nitrogens is 2. The van der Waals surface area contributed by atoms with Gasteiger partial charge in [-0.05, 0) is 5.56 Å². The second-order valence-electron chi connectivity index (χ2n) is 4.80. The number of guanidine groups is 1. The van der Waals surface area contributed by atoms with Gasteiger partial charge in [-0.3, -0.25) is 4.99 Å². The Morgan fingerprint density at radius 1 is 1.27 bits per heavy atom. The quantitative estimate of drug-likeness (QED) is 0.459. The van der Waals surface area contributed by atoms with E-state index in [1.807, 2.05) is 30.6 Å². The lowest BCUT2D eigenvalue weighted by Gasteiger charge is -2.12. The molecule has 0 aliphatic heterocycles. The summed E-state index contributed by atoms with van der Waals surface area (Å²) in [6.07, 6.45) is 3.81. The maximum absolute atomic E-state index is 5.01. The lowest BCUT2D eigenvalue weighted by Crippen LogP contribution is -2.38. The van der Waals surface area contributed by atoms with Crippen molar-refractivity contribution < 1.29 is 4.74 Å². The van der Waals surface area contributed by atoms with Crippen LogP contribution < -0.4 is 10.6 Å². The van der Waals surface area contributed by atoms with Crippen molar-refractivity contribution in [1.82, 2.24) is 20.2 Å². The number of benzene rings is 1.